The van der Waals surface area contributed by atoms with Gasteiger partial charge in [-0.2, -0.15) is 0 Å². The molecule has 2 heterocycles. The molecule has 5 N–H and O–H groups in total. The Bertz CT molecular complexity index is 1240. The van der Waals surface area contributed by atoms with Gasteiger partial charge in [0.1, 0.15) is 18.3 Å². The van der Waals surface area contributed by atoms with Gasteiger partial charge in [-0.15, -0.1) is 0 Å². The van der Waals surface area contributed by atoms with Crippen molar-refractivity contribution >= 4 is 18.2 Å². The molecule has 2 aliphatic rings. The summed E-state index contributed by atoms with van der Waals surface area (Å²) in [6.07, 6.45) is 14.5. The number of rotatable bonds is 14. The summed E-state index contributed by atoms with van der Waals surface area (Å²) < 4.78 is 22.4. The van der Waals surface area contributed by atoms with Gasteiger partial charge < -0.3 is 40.0 Å². The van der Waals surface area contributed by atoms with Crippen LogP contribution in [0.2, 0.25) is 0 Å². The summed E-state index contributed by atoms with van der Waals surface area (Å²) in [7, 11) is 1.68. The smallest absolute Gasteiger partial charge is 0.309 e. The van der Waals surface area contributed by atoms with Crippen LogP contribution >= 0.6 is 0 Å². The van der Waals surface area contributed by atoms with Gasteiger partial charge in [0.15, 0.2) is 0 Å². The van der Waals surface area contributed by atoms with E-state index in [1.165, 1.54) is 12.5 Å². The minimum atomic E-state index is -1.35. The van der Waals surface area contributed by atoms with Gasteiger partial charge in [0, 0.05) is 50.6 Å². The number of methoxy groups -OCH3 is 1. The molecular formula is C43H74N2O9. The molecule has 0 aromatic carbocycles. The fourth-order valence-electron chi connectivity index (χ4n) is 5.96. The summed E-state index contributed by atoms with van der Waals surface area (Å²) in [6.45, 7) is 23.0. The lowest BCUT2D eigenvalue weighted by molar-refractivity contribution is -0.162. The number of aliphatic hydroxyl groups excluding tert-OH is 2. The predicted octanol–water partition coefficient (Wildman–Crippen LogP) is 6.95. The average Bonchev–Trinajstić information content (AvgIpc) is 3.93. The third kappa shape index (κ3) is 20.1. The van der Waals surface area contributed by atoms with Crippen molar-refractivity contribution in [2.45, 2.75) is 163 Å². The zero-order valence-electron chi connectivity index (χ0n) is 35.1. The number of carbonyl (C=O) groups is 2. The molecule has 54 heavy (non-hydrogen) atoms. The molecule has 0 amide bonds. The number of nitrogens with two attached hydrogens (primary N) is 1. The van der Waals surface area contributed by atoms with Crippen LogP contribution in [-0.2, 0) is 28.5 Å². The van der Waals surface area contributed by atoms with Gasteiger partial charge in [0.05, 0.1) is 36.4 Å². The first kappa shape index (κ1) is 51.1. The molecule has 11 heteroatoms. The first-order valence-corrected chi connectivity index (χ1v) is 19.6. The van der Waals surface area contributed by atoms with E-state index in [0.717, 1.165) is 12.0 Å². The Balaban J connectivity index is 0.00000202. The highest BCUT2D eigenvalue weighted by Crippen LogP contribution is 2.37. The molecule has 11 atom stereocenters. The average molecular weight is 763 g/mol. The molecule has 0 aromatic heterocycles. The second-order valence-corrected chi connectivity index (χ2v) is 14.6. The zero-order valence-corrected chi connectivity index (χ0v) is 35.1. The molecule has 0 spiro atoms. The summed E-state index contributed by atoms with van der Waals surface area (Å²) in [5, 5.41) is 32.2. The van der Waals surface area contributed by atoms with Gasteiger partial charge in [0.25, 0.3) is 0 Å². The molecule has 11 nitrogen and oxygen atoms in total. The number of aliphatic hydroxyl groups is 3. The molecule has 0 aromatic rings. The molecule has 0 bridgehead atoms. The van der Waals surface area contributed by atoms with Gasteiger partial charge in [-0.1, -0.05) is 83.2 Å². The van der Waals surface area contributed by atoms with Crippen LogP contribution in [0.15, 0.2) is 65.4 Å². The van der Waals surface area contributed by atoms with Crippen LogP contribution < -0.4 is 5.73 Å². The van der Waals surface area contributed by atoms with Crippen LogP contribution in [0.25, 0.3) is 0 Å². The second kappa shape index (κ2) is 27.6. The first-order valence-electron chi connectivity index (χ1n) is 19.6. The van der Waals surface area contributed by atoms with Crippen molar-refractivity contribution in [2.24, 2.45) is 28.5 Å². The highest BCUT2D eigenvalue weighted by Gasteiger charge is 2.50. The van der Waals surface area contributed by atoms with Crippen LogP contribution in [0.3, 0.4) is 0 Å². The number of epoxide rings is 1. The number of ether oxygens (including phenoxy) is 4. The minimum Gasteiger partial charge on any atom is -0.459 e. The van der Waals surface area contributed by atoms with Gasteiger partial charge in [-0.05, 0) is 71.9 Å². The number of hydrogen-bond acceptors (Lipinski definition) is 11. The van der Waals surface area contributed by atoms with Crippen molar-refractivity contribution in [1.29, 1.82) is 0 Å². The Morgan fingerprint density at radius 3 is 2.41 bits per heavy atom. The molecule has 1 saturated heterocycles. The normalized spacial score (nSPS) is 29.9. The third-order valence-electron chi connectivity index (χ3n) is 9.74. The number of carbonyl (C=O) groups excluding carboxylic acids is 2. The standard InChI is InChI=1S/C33H54O9.C8H14N2.C2H6/c1-20(29(37)32-31(42-32)23(4)24(5)39-8)13-9-10-14-21(2)30-22(3)15-11-12-16-27(40-25(6)34)33(7,38)18-17-26(35)19-28(36)41-30;1-3-6-10-7-8(2)4-5-9;1-2/h9,11-14,20,22-24,26-27,29-32,35,37-38H,10,15-19H2,1-8H3;3,6-7H,1,4-5,9H2,2H3;1-2H3/b12-11+,13-9+,21-14+;8-7+,10-6?;. The quantitative estimate of drug-likeness (QED) is 0.0628. The largest absolute Gasteiger partial charge is 0.459 e. The molecule has 310 valence electrons. The van der Waals surface area contributed by atoms with E-state index in [2.05, 4.69) is 18.5 Å². The molecule has 11 unspecified atom stereocenters. The number of nitrogens with zero attached hydrogens (tertiary/aromatic N) is 1. The Morgan fingerprint density at radius 2 is 1.81 bits per heavy atom. The van der Waals surface area contributed by atoms with E-state index in [1.54, 1.807) is 32.5 Å². The number of aliphatic imine (C=N–C) groups is 1. The van der Waals surface area contributed by atoms with Crippen molar-refractivity contribution < 1.29 is 43.9 Å². The molecule has 1 fully saturated rings. The monoisotopic (exact) mass is 763 g/mol. The highest BCUT2D eigenvalue weighted by molar-refractivity contribution is 5.71. The lowest BCUT2D eigenvalue weighted by Gasteiger charge is -2.32. The topological polar surface area (TPSA) is 173 Å². The van der Waals surface area contributed by atoms with Gasteiger partial charge in [-0.3, -0.25) is 14.6 Å². The van der Waals surface area contributed by atoms with Crippen LogP contribution in [0.4, 0.5) is 0 Å². The minimum absolute atomic E-state index is 0.00726. The lowest BCUT2D eigenvalue weighted by atomic mass is 9.88. The van der Waals surface area contributed by atoms with E-state index in [4.69, 9.17) is 24.7 Å². The molecule has 0 radical (unpaired) electrons. The molecule has 2 aliphatic heterocycles. The zero-order chi connectivity index (χ0) is 41.4. The summed E-state index contributed by atoms with van der Waals surface area (Å²) in [4.78, 5) is 28.4. The van der Waals surface area contributed by atoms with E-state index >= 15 is 0 Å². The lowest BCUT2D eigenvalue weighted by Crippen LogP contribution is -2.42. The highest BCUT2D eigenvalue weighted by atomic mass is 16.6. The molecular weight excluding hydrogens is 688 g/mol. The predicted molar refractivity (Wildman–Crippen MR) is 218 cm³/mol. The fourth-order valence-corrected chi connectivity index (χ4v) is 5.96. The van der Waals surface area contributed by atoms with Crippen molar-refractivity contribution in [2.75, 3.05) is 13.7 Å². The fraction of sp³-hybridized carbons (Fsp3) is 0.698. The van der Waals surface area contributed by atoms with Gasteiger partial charge in [0.2, 0.25) is 0 Å². The van der Waals surface area contributed by atoms with Crippen molar-refractivity contribution in [3.63, 3.8) is 0 Å². The summed E-state index contributed by atoms with van der Waals surface area (Å²) in [6, 6.07) is 0. The second-order valence-electron chi connectivity index (χ2n) is 14.6. The number of hydrogen-bond donors (Lipinski definition) is 4. The van der Waals surface area contributed by atoms with Gasteiger partial charge >= 0.3 is 11.9 Å². The maximum Gasteiger partial charge on any atom is 0.309 e. The molecule has 0 saturated carbocycles. The number of esters is 2. The van der Waals surface area contributed by atoms with Gasteiger partial charge in [-0.25, -0.2) is 0 Å². The van der Waals surface area contributed by atoms with Crippen LogP contribution in [0.5, 0.6) is 0 Å². The number of allylic oxidation sites excluding steroid dienone is 4. The van der Waals surface area contributed by atoms with Crippen molar-refractivity contribution in [3.05, 3.63) is 60.4 Å². The summed E-state index contributed by atoms with van der Waals surface area (Å²) >= 11 is 0. The van der Waals surface area contributed by atoms with Crippen LogP contribution in [-0.4, -0.2) is 95.5 Å². The third-order valence-corrected chi connectivity index (χ3v) is 9.74. The van der Waals surface area contributed by atoms with E-state index < -0.39 is 42.0 Å². The Labute approximate surface area is 326 Å². The Kier molecular flexibility index (Phi) is 26.1. The van der Waals surface area contributed by atoms with Crippen molar-refractivity contribution in [1.82, 2.24) is 0 Å². The summed E-state index contributed by atoms with van der Waals surface area (Å²) in [5.74, 6) is -0.940. The maximum atomic E-state index is 12.8. The molecule has 2 rings (SSSR count). The van der Waals surface area contributed by atoms with Crippen LogP contribution in [0, 0.1) is 17.8 Å². The van der Waals surface area contributed by atoms with E-state index in [9.17, 15) is 24.9 Å². The SMILES string of the molecule is C=CC=N/C=C(\C)CCN.CC.COC(C)C(C)C1OC1C(O)C(C)/C=C/C/C=C(\C)C1OC(=O)CC(O)CCC(C)(O)C(OC(C)=O)C/C=C/CC1C. The Hall–Kier alpha value is -2.93. The Morgan fingerprint density at radius 1 is 1.17 bits per heavy atom. The maximum absolute atomic E-state index is 12.8. The number of cyclic esters (lactones) is 1. The summed E-state index contributed by atoms with van der Waals surface area (Å²) in [5.41, 5.74) is 6.06. The van der Waals surface area contributed by atoms with E-state index in [-0.39, 0.29) is 55.3 Å². The first-order chi connectivity index (χ1) is 25.5. The van der Waals surface area contributed by atoms with E-state index in [1.807, 2.05) is 78.8 Å². The van der Waals surface area contributed by atoms with E-state index in [0.29, 0.717) is 25.8 Å². The molecule has 0 aliphatic carbocycles. The van der Waals surface area contributed by atoms with Crippen LogP contribution in [0.1, 0.15) is 114 Å². The van der Waals surface area contributed by atoms with Crippen molar-refractivity contribution in [3.8, 4) is 0 Å².